The number of aromatic nitrogens is 2. The molecule has 34 heavy (non-hydrogen) atoms. The molecule has 0 radical (unpaired) electrons. The Hall–Kier alpha value is -2.81. The fourth-order valence-corrected chi connectivity index (χ4v) is 4.93. The van der Waals surface area contributed by atoms with E-state index in [0.717, 1.165) is 47.0 Å². The van der Waals surface area contributed by atoms with Crippen LogP contribution in [0, 0.1) is 13.8 Å². The number of hydrogen-bond donors (Lipinski definition) is 2. The van der Waals surface area contributed by atoms with Crippen LogP contribution in [-0.2, 0) is 0 Å². The fourth-order valence-electron chi connectivity index (χ4n) is 4.24. The van der Waals surface area contributed by atoms with Crippen molar-refractivity contribution in [3.8, 4) is 17.0 Å². The van der Waals surface area contributed by atoms with Crippen LogP contribution >= 0.6 is 15.9 Å². The number of ether oxygens (including phenoxy) is 1. The van der Waals surface area contributed by atoms with Gasteiger partial charge in [0.15, 0.2) is 0 Å². The summed E-state index contributed by atoms with van der Waals surface area (Å²) in [4.78, 5) is 9.31. The molecule has 2 N–H and O–H groups in total. The maximum absolute atomic E-state index is 12.7. The molecule has 180 valence electrons. The Morgan fingerprint density at radius 1 is 0.971 bits per heavy atom. The first-order chi connectivity index (χ1) is 16.2. The molecule has 1 saturated carbocycles. The molecule has 0 bridgehead atoms. The second-order valence-corrected chi connectivity index (χ2v) is 9.47. The standard InChI is InChI=1S/C25H26BrF3N4O/c1-15-11-18(26)12-16(2)23(15)32-22-14-21(17-7-6-10-20(13-17)34-25(27,28)29)31-24(33-22)30-19-8-4-3-5-9-19/h6-7,10-14,19H,3-5,8-9H2,1-2H3,(H2,30,31,32,33). The van der Waals surface area contributed by atoms with Gasteiger partial charge in [-0.25, -0.2) is 4.98 Å². The van der Waals surface area contributed by atoms with E-state index >= 15 is 0 Å². The second-order valence-electron chi connectivity index (χ2n) is 8.56. The number of aryl methyl sites for hydroxylation is 2. The van der Waals surface area contributed by atoms with E-state index in [1.54, 1.807) is 12.1 Å². The lowest BCUT2D eigenvalue weighted by Gasteiger charge is -2.23. The minimum Gasteiger partial charge on any atom is -0.406 e. The third kappa shape index (κ3) is 6.40. The van der Waals surface area contributed by atoms with Gasteiger partial charge in [0.2, 0.25) is 5.95 Å². The molecule has 1 fully saturated rings. The molecule has 0 saturated heterocycles. The SMILES string of the molecule is Cc1cc(Br)cc(C)c1Nc1cc(-c2cccc(OC(F)(F)F)c2)nc(NC2CCCCC2)n1. The first kappa shape index (κ1) is 24.3. The Bertz CT molecular complexity index is 1140. The number of hydrogen-bond acceptors (Lipinski definition) is 5. The van der Waals surface area contributed by atoms with Gasteiger partial charge in [-0.2, -0.15) is 4.98 Å². The van der Waals surface area contributed by atoms with Gasteiger partial charge in [-0.1, -0.05) is 47.3 Å². The Kier molecular flexibility index (Phi) is 7.30. The molecule has 0 aliphatic heterocycles. The number of nitrogens with zero attached hydrogens (tertiary/aromatic N) is 2. The maximum Gasteiger partial charge on any atom is 0.573 e. The predicted molar refractivity (Wildman–Crippen MR) is 132 cm³/mol. The van der Waals surface area contributed by atoms with Crippen molar-refractivity contribution in [1.82, 2.24) is 9.97 Å². The highest BCUT2D eigenvalue weighted by Crippen LogP contribution is 2.32. The van der Waals surface area contributed by atoms with Gasteiger partial charge >= 0.3 is 6.36 Å². The van der Waals surface area contributed by atoms with Gasteiger partial charge in [-0.05, 0) is 62.1 Å². The Morgan fingerprint density at radius 3 is 2.35 bits per heavy atom. The van der Waals surface area contributed by atoms with Crippen molar-refractivity contribution >= 4 is 33.4 Å². The summed E-state index contributed by atoms with van der Waals surface area (Å²) in [6.07, 6.45) is 0.834. The summed E-state index contributed by atoms with van der Waals surface area (Å²) < 4.78 is 43.3. The first-order valence-electron chi connectivity index (χ1n) is 11.2. The summed E-state index contributed by atoms with van der Waals surface area (Å²) in [6, 6.07) is 11.9. The highest BCUT2D eigenvalue weighted by molar-refractivity contribution is 9.10. The summed E-state index contributed by atoms with van der Waals surface area (Å²) in [5.41, 5.74) is 3.99. The average molecular weight is 535 g/mol. The molecule has 1 aliphatic rings. The molecule has 0 amide bonds. The van der Waals surface area contributed by atoms with Gasteiger partial charge in [-0.3, -0.25) is 0 Å². The normalized spacial score (nSPS) is 14.6. The smallest absolute Gasteiger partial charge is 0.406 e. The third-order valence-corrected chi connectivity index (χ3v) is 6.24. The molecule has 0 spiro atoms. The number of rotatable bonds is 6. The average Bonchev–Trinajstić information content (AvgIpc) is 2.76. The minimum absolute atomic E-state index is 0.271. The van der Waals surface area contributed by atoms with Gasteiger partial charge in [0, 0.05) is 27.8 Å². The zero-order chi connectivity index (χ0) is 24.3. The Labute approximate surface area is 205 Å². The van der Waals surface area contributed by atoms with Crippen LogP contribution in [0.2, 0.25) is 0 Å². The molecule has 1 aliphatic carbocycles. The van der Waals surface area contributed by atoms with Crippen LogP contribution in [0.4, 0.5) is 30.6 Å². The van der Waals surface area contributed by atoms with Crippen molar-refractivity contribution in [2.75, 3.05) is 10.6 Å². The van der Waals surface area contributed by atoms with E-state index < -0.39 is 6.36 Å². The predicted octanol–water partition coefficient (Wildman–Crippen LogP) is 7.91. The molecule has 0 atom stereocenters. The lowest BCUT2D eigenvalue weighted by atomic mass is 9.96. The van der Waals surface area contributed by atoms with Gasteiger partial charge in [0.25, 0.3) is 0 Å². The van der Waals surface area contributed by atoms with Crippen LogP contribution in [0.25, 0.3) is 11.3 Å². The second kappa shape index (κ2) is 10.2. The zero-order valence-corrected chi connectivity index (χ0v) is 20.6. The van der Waals surface area contributed by atoms with E-state index in [-0.39, 0.29) is 11.8 Å². The zero-order valence-electron chi connectivity index (χ0n) is 19.0. The van der Waals surface area contributed by atoms with Crippen LogP contribution in [0.15, 0.2) is 46.9 Å². The van der Waals surface area contributed by atoms with E-state index in [1.165, 1.54) is 24.6 Å². The molecule has 4 rings (SSSR count). The monoisotopic (exact) mass is 534 g/mol. The van der Waals surface area contributed by atoms with Crippen LogP contribution in [0.1, 0.15) is 43.2 Å². The molecule has 9 heteroatoms. The topological polar surface area (TPSA) is 59.1 Å². The molecule has 1 aromatic heterocycles. The Balaban J connectivity index is 1.71. The number of anilines is 3. The highest BCUT2D eigenvalue weighted by Gasteiger charge is 2.31. The fraction of sp³-hybridized carbons (Fsp3) is 0.360. The van der Waals surface area contributed by atoms with Crippen molar-refractivity contribution < 1.29 is 17.9 Å². The van der Waals surface area contributed by atoms with E-state index in [0.29, 0.717) is 23.0 Å². The molecular weight excluding hydrogens is 509 g/mol. The number of alkyl halides is 3. The maximum atomic E-state index is 12.7. The number of halogens is 4. The van der Waals surface area contributed by atoms with Crippen molar-refractivity contribution in [2.45, 2.75) is 58.4 Å². The lowest BCUT2D eigenvalue weighted by molar-refractivity contribution is -0.274. The van der Waals surface area contributed by atoms with Gasteiger partial charge in [0.05, 0.1) is 5.69 Å². The minimum atomic E-state index is -4.76. The summed E-state index contributed by atoms with van der Waals surface area (Å²) >= 11 is 3.51. The van der Waals surface area contributed by atoms with E-state index in [4.69, 9.17) is 0 Å². The number of nitrogens with one attached hydrogen (secondary N) is 2. The lowest BCUT2D eigenvalue weighted by Crippen LogP contribution is -2.23. The quantitative estimate of drug-likeness (QED) is 0.336. The van der Waals surface area contributed by atoms with Gasteiger partial charge in [0.1, 0.15) is 11.6 Å². The van der Waals surface area contributed by atoms with Crippen molar-refractivity contribution in [3.05, 3.63) is 58.1 Å². The molecule has 1 heterocycles. The molecule has 3 aromatic rings. The van der Waals surface area contributed by atoms with Gasteiger partial charge < -0.3 is 15.4 Å². The van der Waals surface area contributed by atoms with Crippen LogP contribution in [-0.4, -0.2) is 22.4 Å². The number of benzene rings is 2. The van der Waals surface area contributed by atoms with Crippen molar-refractivity contribution in [1.29, 1.82) is 0 Å². The highest BCUT2D eigenvalue weighted by atomic mass is 79.9. The first-order valence-corrected chi connectivity index (χ1v) is 12.0. The van der Waals surface area contributed by atoms with Crippen LogP contribution < -0.4 is 15.4 Å². The van der Waals surface area contributed by atoms with Gasteiger partial charge in [-0.15, -0.1) is 13.2 Å². The van der Waals surface area contributed by atoms with E-state index in [1.807, 2.05) is 26.0 Å². The largest absolute Gasteiger partial charge is 0.573 e. The summed E-state index contributed by atoms with van der Waals surface area (Å²) in [6.45, 7) is 4.00. The van der Waals surface area contributed by atoms with Crippen molar-refractivity contribution in [3.63, 3.8) is 0 Å². The van der Waals surface area contributed by atoms with E-state index in [2.05, 4.69) is 41.3 Å². The summed E-state index contributed by atoms with van der Waals surface area (Å²) in [5.74, 6) is 0.708. The molecular formula is C25H26BrF3N4O. The van der Waals surface area contributed by atoms with E-state index in [9.17, 15) is 13.2 Å². The van der Waals surface area contributed by atoms with Crippen LogP contribution in [0.3, 0.4) is 0 Å². The molecule has 5 nitrogen and oxygen atoms in total. The summed E-state index contributed by atoms with van der Waals surface area (Å²) in [5, 5.41) is 6.81. The molecule has 2 aromatic carbocycles. The van der Waals surface area contributed by atoms with Crippen molar-refractivity contribution in [2.24, 2.45) is 0 Å². The van der Waals surface area contributed by atoms with Crippen LogP contribution in [0.5, 0.6) is 5.75 Å². The molecule has 0 unspecified atom stereocenters. The Morgan fingerprint density at radius 2 is 1.68 bits per heavy atom. The summed E-state index contributed by atoms with van der Waals surface area (Å²) in [7, 11) is 0. The third-order valence-electron chi connectivity index (χ3n) is 5.78.